The largest absolute Gasteiger partial charge is 0.444 e. The van der Waals surface area contributed by atoms with Gasteiger partial charge in [0.05, 0.1) is 6.10 Å². The topological polar surface area (TPSA) is 98.9 Å². The average molecular weight is 342 g/mol. The SMILES string of the molecule is C[C@@H]1OCC(=O)[C@@H]1C(=O)[C@@](C)(N)N(C(=O)OC(C)(C)C)C(C)(C)C. The van der Waals surface area contributed by atoms with Crippen LogP contribution in [-0.2, 0) is 19.1 Å². The van der Waals surface area contributed by atoms with Crippen LogP contribution >= 0.6 is 0 Å². The lowest BCUT2D eigenvalue weighted by Gasteiger charge is -2.46. The summed E-state index contributed by atoms with van der Waals surface area (Å²) in [6.45, 7) is 13.4. The Morgan fingerprint density at radius 2 is 1.67 bits per heavy atom. The number of carbonyl (C=O) groups is 3. The van der Waals surface area contributed by atoms with Crippen molar-refractivity contribution in [3.05, 3.63) is 0 Å². The van der Waals surface area contributed by atoms with Crippen LogP contribution in [-0.4, -0.2) is 52.1 Å². The van der Waals surface area contributed by atoms with E-state index < -0.39 is 40.7 Å². The highest BCUT2D eigenvalue weighted by Crippen LogP contribution is 2.30. The quantitative estimate of drug-likeness (QED) is 0.621. The Bertz CT molecular complexity index is 528. The van der Waals surface area contributed by atoms with Gasteiger partial charge in [-0.05, 0) is 55.4 Å². The minimum absolute atomic E-state index is 0.115. The predicted molar refractivity (Wildman–Crippen MR) is 89.3 cm³/mol. The number of hydrogen-bond donors (Lipinski definition) is 1. The third-order valence-electron chi connectivity index (χ3n) is 3.80. The number of Topliss-reactive ketones (excluding diaryl/α,β-unsaturated/α-hetero) is 2. The van der Waals surface area contributed by atoms with Gasteiger partial charge in [0.15, 0.2) is 17.2 Å². The van der Waals surface area contributed by atoms with Gasteiger partial charge in [-0.25, -0.2) is 4.79 Å². The van der Waals surface area contributed by atoms with Crippen molar-refractivity contribution in [3.63, 3.8) is 0 Å². The molecule has 1 fully saturated rings. The van der Waals surface area contributed by atoms with Gasteiger partial charge in [0.25, 0.3) is 0 Å². The smallest absolute Gasteiger partial charge is 0.412 e. The molecule has 1 rings (SSSR count). The second-order valence-electron chi connectivity index (χ2n) is 8.46. The van der Waals surface area contributed by atoms with Crippen molar-refractivity contribution in [1.82, 2.24) is 4.90 Å². The molecule has 0 aromatic rings. The maximum Gasteiger partial charge on any atom is 0.412 e. The van der Waals surface area contributed by atoms with Gasteiger partial charge in [-0.3, -0.25) is 14.5 Å². The number of ketones is 2. The summed E-state index contributed by atoms with van der Waals surface area (Å²) in [5.74, 6) is -1.84. The zero-order valence-corrected chi connectivity index (χ0v) is 15.9. The van der Waals surface area contributed by atoms with Crippen LogP contribution in [0.2, 0.25) is 0 Å². The number of ether oxygens (including phenoxy) is 2. The average Bonchev–Trinajstić information content (AvgIpc) is 2.63. The fraction of sp³-hybridized carbons (Fsp3) is 0.824. The number of nitrogens with two attached hydrogens (primary N) is 1. The van der Waals surface area contributed by atoms with E-state index in [2.05, 4.69) is 0 Å². The number of nitrogens with zero attached hydrogens (tertiary/aromatic N) is 1. The van der Waals surface area contributed by atoms with E-state index in [1.54, 1.807) is 48.5 Å². The van der Waals surface area contributed by atoms with Crippen LogP contribution in [0.4, 0.5) is 4.79 Å². The minimum Gasteiger partial charge on any atom is -0.444 e. The highest BCUT2D eigenvalue weighted by Gasteiger charge is 2.52. The van der Waals surface area contributed by atoms with Gasteiger partial charge in [-0.15, -0.1) is 0 Å². The molecule has 1 aliphatic rings. The number of rotatable bonds is 3. The molecular weight excluding hydrogens is 312 g/mol. The summed E-state index contributed by atoms with van der Waals surface area (Å²) >= 11 is 0. The van der Waals surface area contributed by atoms with E-state index in [-0.39, 0.29) is 12.4 Å². The first-order valence-electron chi connectivity index (χ1n) is 8.10. The van der Waals surface area contributed by atoms with Crippen LogP contribution in [0.1, 0.15) is 55.4 Å². The summed E-state index contributed by atoms with van der Waals surface area (Å²) in [6.07, 6.45) is -1.26. The van der Waals surface area contributed by atoms with Crippen LogP contribution in [0.5, 0.6) is 0 Å². The molecular formula is C17H30N2O5. The van der Waals surface area contributed by atoms with E-state index in [0.29, 0.717) is 0 Å². The van der Waals surface area contributed by atoms with Gasteiger partial charge in [0.2, 0.25) is 0 Å². The first kappa shape index (κ1) is 20.6. The van der Waals surface area contributed by atoms with Gasteiger partial charge >= 0.3 is 6.09 Å². The second-order valence-corrected chi connectivity index (χ2v) is 8.46. The molecule has 1 aliphatic heterocycles. The molecule has 0 unspecified atom stereocenters. The van der Waals surface area contributed by atoms with Crippen molar-refractivity contribution < 1.29 is 23.9 Å². The van der Waals surface area contributed by atoms with Crippen molar-refractivity contribution in [3.8, 4) is 0 Å². The summed E-state index contributed by atoms with van der Waals surface area (Å²) in [4.78, 5) is 38.9. The van der Waals surface area contributed by atoms with Gasteiger partial charge in [-0.2, -0.15) is 0 Å². The normalized spacial score (nSPS) is 24.5. The summed E-state index contributed by atoms with van der Waals surface area (Å²) in [7, 11) is 0. The van der Waals surface area contributed by atoms with E-state index >= 15 is 0 Å². The van der Waals surface area contributed by atoms with Crippen LogP contribution in [0.3, 0.4) is 0 Å². The Balaban J connectivity index is 3.23. The highest BCUT2D eigenvalue weighted by atomic mass is 16.6. The first-order chi connectivity index (χ1) is 10.6. The minimum atomic E-state index is -1.71. The maximum atomic E-state index is 13.0. The molecule has 1 saturated heterocycles. The fourth-order valence-electron chi connectivity index (χ4n) is 2.91. The molecule has 0 aliphatic carbocycles. The van der Waals surface area contributed by atoms with Gasteiger partial charge in [-0.1, -0.05) is 0 Å². The summed E-state index contributed by atoms with van der Waals surface area (Å²) in [5, 5.41) is 0. The Morgan fingerprint density at radius 1 is 1.17 bits per heavy atom. The van der Waals surface area contributed by atoms with Crippen LogP contribution < -0.4 is 5.73 Å². The molecule has 3 atom stereocenters. The molecule has 0 spiro atoms. The molecule has 0 saturated carbocycles. The Kier molecular flexibility index (Phi) is 5.52. The summed E-state index contributed by atoms with van der Waals surface area (Å²) in [5.41, 5.74) is 3.06. The molecule has 1 heterocycles. The van der Waals surface area contributed by atoms with Crippen molar-refractivity contribution in [2.75, 3.05) is 6.61 Å². The van der Waals surface area contributed by atoms with Crippen LogP contribution in [0.15, 0.2) is 0 Å². The lowest BCUT2D eigenvalue weighted by atomic mass is 9.86. The lowest BCUT2D eigenvalue weighted by Crippen LogP contribution is -2.69. The molecule has 138 valence electrons. The van der Waals surface area contributed by atoms with Crippen LogP contribution in [0.25, 0.3) is 0 Å². The van der Waals surface area contributed by atoms with E-state index in [4.69, 9.17) is 15.2 Å². The number of amides is 1. The van der Waals surface area contributed by atoms with Gasteiger partial charge < -0.3 is 15.2 Å². The first-order valence-corrected chi connectivity index (χ1v) is 8.10. The molecule has 7 heteroatoms. The van der Waals surface area contributed by atoms with Gasteiger partial charge in [0.1, 0.15) is 18.1 Å². The van der Waals surface area contributed by atoms with Gasteiger partial charge in [0, 0.05) is 5.54 Å². The molecule has 24 heavy (non-hydrogen) atoms. The molecule has 1 amide bonds. The third-order valence-corrected chi connectivity index (χ3v) is 3.80. The molecule has 2 N–H and O–H groups in total. The van der Waals surface area contributed by atoms with Crippen molar-refractivity contribution in [2.24, 2.45) is 11.7 Å². The zero-order valence-electron chi connectivity index (χ0n) is 15.9. The predicted octanol–water partition coefficient (Wildman–Crippen LogP) is 1.87. The van der Waals surface area contributed by atoms with E-state index in [1.165, 1.54) is 11.8 Å². The van der Waals surface area contributed by atoms with Crippen LogP contribution in [0, 0.1) is 5.92 Å². The van der Waals surface area contributed by atoms with E-state index in [1.807, 2.05) is 0 Å². The Morgan fingerprint density at radius 3 is 2.00 bits per heavy atom. The van der Waals surface area contributed by atoms with E-state index in [9.17, 15) is 14.4 Å². The van der Waals surface area contributed by atoms with Crippen molar-refractivity contribution in [1.29, 1.82) is 0 Å². The second kappa shape index (κ2) is 6.44. The summed E-state index contributed by atoms with van der Waals surface area (Å²) < 4.78 is 10.7. The summed E-state index contributed by atoms with van der Waals surface area (Å²) in [6, 6.07) is 0. The third kappa shape index (κ3) is 4.33. The molecule has 0 radical (unpaired) electrons. The fourth-order valence-corrected chi connectivity index (χ4v) is 2.91. The van der Waals surface area contributed by atoms with E-state index in [0.717, 1.165) is 0 Å². The monoisotopic (exact) mass is 342 g/mol. The highest BCUT2D eigenvalue weighted by molar-refractivity contribution is 6.09. The molecule has 0 aromatic heterocycles. The molecule has 7 nitrogen and oxygen atoms in total. The van der Waals surface area contributed by atoms with Crippen molar-refractivity contribution >= 4 is 17.7 Å². The zero-order chi connectivity index (χ0) is 19.1. The number of carbonyl (C=O) groups excluding carboxylic acids is 3. The lowest BCUT2D eigenvalue weighted by molar-refractivity contribution is -0.142. The number of hydrogen-bond acceptors (Lipinski definition) is 6. The Labute approximate surface area is 143 Å². The Hall–Kier alpha value is -1.47. The molecule has 0 aromatic carbocycles. The molecule has 0 bridgehead atoms. The van der Waals surface area contributed by atoms with Crippen molar-refractivity contribution in [2.45, 2.75) is 78.3 Å². The standard InChI is InChI=1S/C17H30N2O5/c1-10-12(11(20)9-23-10)13(21)17(8,18)19(15(2,3)4)14(22)24-16(5,6)7/h10,12H,9,18H2,1-8H3/t10-,12+,17-/m0/s1. The maximum absolute atomic E-state index is 13.0.